The fraction of sp³-hybridized carbons (Fsp3) is 0.400. The maximum absolute atomic E-state index is 11.1. The highest BCUT2D eigenvalue weighted by Crippen LogP contribution is 2.17. The maximum atomic E-state index is 11.1. The Morgan fingerprint density at radius 2 is 2.36 bits per heavy atom. The lowest BCUT2D eigenvalue weighted by molar-refractivity contribution is 0.596. The van der Waals surface area contributed by atoms with Crippen molar-refractivity contribution >= 4 is 27.0 Å². The highest BCUT2D eigenvalue weighted by atomic mass is 32.2. The molecule has 62 valence electrons. The van der Waals surface area contributed by atoms with Crippen molar-refractivity contribution in [3.05, 3.63) is 5.38 Å². The van der Waals surface area contributed by atoms with Crippen molar-refractivity contribution < 1.29 is 8.42 Å². The van der Waals surface area contributed by atoms with Gasteiger partial charge in [-0.05, 0) is 0 Å². The lowest BCUT2D eigenvalue weighted by Crippen LogP contribution is -2.03. The van der Waals surface area contributed by atoms with Gasteiger partial charge in [0.1, 0.15) is 5.82 Å². The lowest BCUT2D eigenvalue weighted by atomic mass is 10.9. The van der Waals surface area contributed by atoms with Crippen molar-refractivity contribution in [1.29, 1.82) is 0 Å². The van der Waals surface area contributed by atoms with Crippen LogP contribution in [-0.4, -0.2) is 19.2 Å². The van der Waals surface area contributed by atoms with Gasteiger partial charge in [-0.2, -0.15) is 0 Å². The van der Waals surface area contributed by atoms with E-state index in [1.165, 1.54) is 5.38 Å². The molecule has 0 aliphatic rings. The summed E-state index contributed by atoms with van der Waals surface area (Å²) in [6.07, 6.45) is 0. The molecule has 0 amide bonds. The molecule has 0 aliphatic carbocycles. The molecule has 0 spiro atoms. The highest BCUT2D eigenvalue weighted by Gasteiger charge is 2.14. The third-order valence-electron chi connectivity index (χ3n) is 1.15. The second-order valence-electron chi connectivity index (χ2n) is 1.94. The predicted octanol–water partition coefficient (Wildman–Crippen LogP) is 0.519. The molecule has 2 N–H and O–H groups in total. The van der Waals surface area contributed by atoms with E-state index in [0.29, 0.717) is 0 Å². The Kier molecular flexibility index (Phi) is 2.15. The van der Waals surface area contributed by atoms with Gasteiger partial charge in [-0.25, -0.2) is 13.4 Å². The molecule has 6 heteroatoms. The summed E-state index contributed by atoms with van der Waals surface area (Å²) < 4.78 is 22.3. The van der Waals surface area contributed by atoms with Gasteiger partial charge < -0.3 is 5.73 Å². The summed E-state index contributed by atoms with van der Waals surface area (Å²) in [7, 11) is -3.15. The zero-order valence-electron chi connectivity index (χ0n) is 5.94. The molecule has 1 heterocycles. The summed E-state index contributed by atoms with van der Waals surface area (Å²) in [4.78, 5) is 3.66. The van der Waals surface area contributed by atoms with Crippen LogP contribution in [-0.2, 0) is 9.84 Å². The van der Waals surface area contributed by atoms with E-state index in [1.807, 2.05) is 0 Å². The number of hydrogen-bond acceptors (Lipinski definition) is 5. The Morgan fingerprint density at radius 3 is 2.73 bits per heavy atom. The Morgan fingerprint density at radius 1 is 1.73 bits per heavy atom. The van der Waals surface area contributed by atoms with Crippen LogP contribution in [0.25, 0.3) is 0 Å². The van der Waals surface area contributed by atoms with Crippen LogP contribution in [0, 0.1) is 0 Å². The van der Waals surface area contributed by atoms with Crippen molar-refractivity contribution in [3.63, 3.8) is 0 Å². The van der Waals surface area contributed by atoms with Gasteiger partial charge in [-0.15, -0.1) is 11.3 Å². The van der Waals surface area contributed by atoms with Crippen LogP contribution in [0.5, 0.6) is 0 Å². The van der Waals surface area contributed by atoms with Crippen molar-refractivity contribution in [1.82, 2.24) is 4.98 Å². The molecule has 0 fully saturated rings. The van der Waals surface area contributed by atoms with Gasteiger partial charge in [0.05, 0.1) is 5.75 Å². The molecule has 1 aromatic heterocycles. The zero-order chi connectivity index (χ0) is 8.48. The monoisotopic (exact) mass is 192 g/mol. The number of nitrogens with zero attached hydrogens (tertiary/aromatic N) is 1. The van der Waals surface area contributed by atoms with Gasteiger partial charge in [0.2, 0.25) is 14.2 Å². The first-order valence-corrected chi connectivity index (χ1v) is 5.53. The van der Waals surface area contributed by atoms with E-state index in [9.17, 15) is 8.42 Å². The van der Waals surface area contributed by atoms with Crippen LogP contribution in [0.4, 0.5) is 5.82 Å². The van der Waals surface area contributed by atoms with Gasteiger partial charge in [0.15, 0.2) is 0 Å². The number of nitrogen functional groups attached to an aromatic ring is 1. The first-order valence-electron chi connectivity index (χ1n) is 3.00. The first-order chi connectivity index (χ1) is 5.06. The number of rotatable bonds is 2. The number of nitrogens with two attached hydrogens (primary N) is 1. The number of thiazole rings is 1. The molecule has 0 aliphatic heterocycles. The second-order valence-corrected chi connectivity index (χ2v) is 5.25. The minimum Gasteiger partial charge on any atom is -0.383 e. The second kappa shape index (κ2) is 2.78. The average Bonchev–Trinajstić information content (AvgIpc) is 2.36. The van der Waals surface area contributed by atoms with E-state index < -0.39 is 9.84 Å². The molecule has 0 saturated heterocycles. The van der Waals surface area contributed by atoms with E-state index in [2.05, 4.69) is 4.98 Å². The van der Waals surface area contributed by atoms with Gasteiger partial charge in [0.25, 0.3) is 0 Å². The van der Waals surface area contributed by atoms with E-state index in [4.69, 9.17) is 5.73 Å². The topological polar surface area (TPSA) is 73.0 Å². The molecule has 0 atom stereocenters. The number of sulfone groups is 1. The molecule has 4 nitrogen and oxygen atoms in total. The third-order valence-corrected chi connectivity index (χ3v) is 4.23. The standard InChI is InChI=1S/C5H8N2O2S2/c1-2-11(8,9)5-7-4(6)3-10-5/h3H,2,6H2,1H3. The summed E-state index contributed by atoms with van der Waals surface area (Å²) in [5.74, 6) is 0.335. The summed E-state index contributed by atoms with van der Waals surface area (Å²) >= 11 is 1.06. The Hall–Kier alpha value is -0.620. The number of anilines is 1. The molecule has 1 rings (SSSR count). The Bertz CT molecular complexity index is 341. The Balaban J connectivity index is 3.13. The summed E-state index contributed by atoms with van der Waals surface area (Å²) in [6.45, 7) is 1.58. The van der Waals surface area contributed by atoms with Crippen molar-refractivity contribution in [2.45, 2.75) is 11.3 Å². The minimum absolute atomic E-state index is 0.0694. The summed E-state index contributed by atoms with van der Waals surface area (Å²) in [6, 6.07) is 0. The number of hydrogen-bond donors (Lipinski definition) is 1. The molecule has 0 saturated carbocycles. The molecule has 0 unspecified atom stereocenters. The van der Waals surface area contributed by atoms with Crippen LogP contribution in [0.2, 0.25) is 0 Å². The summed E-state index contributed by atoms with van der Waals surface area (Å²) in [5, 5.41) is 1.52. The average molecular weight is 192 g/mol. The molecular formula is C5H8N2O2S2. The third kappa shape index (κ3) is 1.69. The van der Waals surface area contributed by atoms with Crippen molar-refractivity contribution in [3.8, 4) is 0 Å². The number of aromatic nitrogens is 1. The smallest absolute Gasteiger partial charge is 0.211 e. The van der Waals surface area contributed by atoms with E-state index in [1.54, 1.807) is 6.92 Å². The SMILES string of the molecule is CCS(=O)(=O)c1nc(N)cs1. The summed E-state index contributed by atoms with van der Waals surface area (Å²) in [5.41, 5.74) is 5.26. The van der Waals surface area contributed by atoms with Crippen LogP contribution >= 0.6 is 11.3 Å². The van der Waals surface area contributed by atoms with Crippen LogP contribution in [0.1, 0.15) is 6.92 Å². The van der Waals surface area contributed by atoms with Crippen molar-refractivity contribution in [2.24, 2.45) is 0 Å². The zero-order valence-corrected chi connectivity index (χ0v) is 7.58. The van der Waals surface area contributed by atoms with Gasteiger partial charge in [0, 0.05) is 5.38 Å². The minimum atomic E-state index is -3.15. The molecular weight excluding hydrogens is 184 g/mol. The van der Waals surface area contributed by atoms with Crippen LogP contribution in [0.15, 0.2) is 9.72 Å². The molecule has 1 aromatic rings. The molecule has 0 radical (unpaired) electrons. The van der Waals surface area contributed by atoms with Crippen molar-refractivity contribution in [2.75, 3.05) is 11.5 Å². The Labute approximate surface area is 69.0 Å². The quantitative estimate of drug-likeness (QED) is 0.741. The first kappa shape index (κ1) is 8.48. The van der Waals surface area contributed by atoms with Gasteiger partial charge >= 0.3 is 0 Å². The fourth-order valence-corrected chi connectivity index (χ4v) is 2.54. The predicted molar refractivity (Wildman–Crippen MR) is 44.3 cm³/mol. The largest absolute Gasteiger partial charge is 0.383 e. The molecule has 0 bridgehead atoms. The van der Waals surface area contributed by atoms with E-state index in [0.717, 1.165) is 11.3 Å². The fourth-order valence-electron chi connectivity index (χ4n) is 0.535. The van der Waals surface area contributed by atoms with Gasteiger partial charge in [-0.3, -0.25) is 0 Å². The van der Waals surface area contributed by atoms with Crippen LogP contribution < -0.4 is 5.73 Å². The molecule has 0 aromatic carbocycles. The van der Waals surface area contributed by atoms with E-state index in [-0.39, 0.29) is 15.9 Å². The molecule has 11 heavy (non-hydrogen) atoms. The van der Waals surface area contributed by atoms with E-state index >= 15 is 0 Å². The maximum Gasteiger partial charge on any atom is 0.211 e. The van der Waals surface area contributed by atoms with Gasteiger partial charge in [-0.1, -0.05) is 6.92 Å². The van der Waals surface area contributed by atoms with Crippen LogP contribution in [0.3, 0.4) is 0 Å². The normalized spacial score (nSPS) is 11.7. The lowest BCUT2D eigenvalue weighted by Gasteiger charge is -1.91. The highest BCUT2D eigenvalue weighted by molar-refractivity contribution is 7.93.